The first-order valence-corrected chi connectivity index (χ1v) is 18.4. The number of aliphatic hydroxyl groups excluding tert-OH is 1. The van der Waals surface area contributed by atoms with Crippen molar-refractivity contribution in [3.8, 4) is 0 Å². The van der Waals surface area contributed by atoms with E-state index >= 15 is 0 Å². The summed E-state index contributed by atoms with van der Waals surface area (Å²) >= 11 is 0. The Hall–Kier alpha value is -1.97. The Morgan fingerprint density at radius 3 is 2.27 bits per heavy atom. The number of rotatable bonds is 6. The van der Waals surface area contributed by atoms with Crippen LogP contribution in [0, 0.1) is 17.3 Å². The Bertz CT molecular complexity index is 1310. The molecule has 1 aromatic rings. The van der Waals surface area contributed by atoms with Crippen molar-refractivity contribution >= 4 is 21.8 Å². The van der Waals surface area contributed by atoms with Gasteiger partial charge in [0.1, 0.15) is 11.5 Å². The van der Waals surface area contributed by atoms with Crippen LogP contribution in [0.4, 0.5) is 0 Å². The molecule has 2 heterocycles. The summed E-state index contributed by atoms with van der Waals surface area (Å²) in [6, 6.07) is 8.06. The molecule has 2 saturated heterocycles. The normalized spacial score (nSPS) is 34.5. The van der Waals surface area contributed by atoms with Gasteiger partial charge in [0.25, 0.3) is 0 Å². The summed E-state index contributed by atoms with van der Waals surface area (Å²) in [5.74, 6) is -1.93. The molecule has 3 rings (SSSR count). The highest BCUT2D eigenvalue weighted by molar-refractivity contribution is 7.89. The van der Waals surface area contributed by atoms with Crippen molar-refractivity contribution in [2.24, 2.45) is 17.3 Å². The molecule has 48 heavy (non-hydrogen) atoms. The molecule has 1 N–H and O–H groups in total. The summed E-state index contributed by atoms with van der Waals surface area (Å²) in [6.07, 6.45) is -1.79. The molecular weight excluding hydrogens is 638 g/mol. The van der Waals surface area contributed by atoms with Crippen LogP contribution >= 0.6 is 0 Å². The number of sulfonamides is 1. The van der Waals surface area contributed by atoms with E-state index in [1.807, 2.05) is 39.9 Å². The minimum absolute atomic E-state index is 0.0202. The molecule has 0 radical (unpaired) electrons. The van der Waals surface area contributed by atoms with Crippen LogP contribution in [0.2, 0.25) is 0 Å². The van der Waals surface area contributed by atoms with Crippen molar-refractivity contribution in [3.05, 3.63) is 30.3 Å². The first-order valence-electron chi connectivity index (χ1n) is 17.0. The molecule has 2 fully saturated rings. The molecule has 274 valence electrons. The van der Waals surface area contributed by atoms with Gasteiger partial charge in [0, 0.05) is 45.2 Å². The average molecular weight is 698 g/mol. The van der Waals surface area contributed by atoms with Gasteiger partial charge < -0.3 is 33.9 Å². The molecule has 13 heteroatoms. The molecule has 12 nitrogen and oxygen atoms in total. The van der Waals surface area contributed by atoms with E-state index in [4.69, 9.17) is 18.9 Å². The number of cyclic esters (lactones) is 1. The molecule has 0 spiro atoms. The number of ether oxygens (including phenoxy) is 4. The van der Waals surface area contributed by atoms with Gasteiger partial charge in [-0.15, -0.1) is 0 Å². The Labute approximate surface area is 288 Å². The van der Waals surface area contributed by atoms with Crippen molar-refractivity contribution < 1.29 is 42.1 Å². The number of methoxy groups -OCH3 is 1. The fraction of sp³-hybridized carbons (Fsp3) is 0.771. The topological polar surface area (TPSA) is 135 Å². The van der Waals surface area contributed by atoms with Gasteiger partial charge in [0.15, 0.2) is 12.1 Å². The number of hydrogen-bond donors (Lipinski definition) is 1. The van der Waals surface area contributed by atoms with Crippen molar-refractivity contribution in [1.29, 1.82) is 0 Å². The standard InChI is InChI=1S/C35H59N3O9S/c1-24-22-35(6,44-10)31(47-32-29(39)28(36(7)8)21-25(2)46-32)26(3)30(40)34(4,5)33(41)45-20-14-17-38(19-18-37(9)23-24)48(42,43)27-15-12-11-13-16-27/h11-13,15-16,24-26,28-29,31-32,39H,14,17-23H2,1-10H3/t24-,25-,26+,28+,29-,31-,32+,35-/m1/s1. The zero-order chi connectivity index (χ0) is 36.0. The maximum atomic E-state index is 14.2. The van der Waals surface area contributed by atoms with Crippen LogP contribution in [0.5, 0.6) is 0 Å². The van der Waals surface area contributed by atoms with E-state index in [1.165, 1.54) is 18.2 Å². The molecule has 2 aliphatic heterocycles. The van der Waals surface area contributed by atoms with Crippen LogP contribution < -0.4 is 0 Å². The number of likely N-dealkylation sites (N-methyl/N-ethyl adjacent to an activating group) is 2. The second kappa shape index (κ2) is 16.8. The predicted octanol–water partition coefficient (Wildman–Crippen LogP) is 3.03. The summed E-state index contributed by atoms with van der Waals surface area (Å²) in [6.45, 7) is 12.1. The van der Waals surface area contributed by atoms with Crippen LogP contribution in [0.25, 0.3) is 0 Å². The van der Waals surface area contributed by atoms with Gasteiger partial charge in [-0.05, 0) is 86.2 Å². The lowest BCUT2D eigenvalue weighted by atomic mass is 9.74. The molecule has 0 aliphatic carbocycles. The number of esters is 1. The van der Waals surface area contributed by atoms with Crippen LogP contribution in [-0.4, -0.2) is 137 Å². The first-order chi connectivity index (χ1) is 22.3. The van der Waals surface area contributed by atoms with Crippen LogP contribution in [0.1, 0.15) is 60.8 Å². The van der Waals surface area contributed by atoms with Gasteiger partial charge in [0.2, 0.25) is 10.0 Å². The SMILES string of the molecule is CO[C@]1(C)C[C@@H](C)CN(C)CCN(S(=O)(=O)c2ccccc2)CCCOC(=O)C(C)(C)C(=O)[C@H](C)[C@H]1O[C@@H]1O[C@H](C)C[C@H](N(C)C)[C@H]1O. The van der Waals surface area contributed by atoms with E-state index in [-0.39, 0.29) is 49.1 Å². The number of benzene rings is 1. The average Bonchev–Trinajstić information content (AvgIpc) is 3.03. The second-order valence-corrected chi connectivity index (χ2v) is 16.6. The Morgan fingerprint density at radius 1 is 1.02 bits per heavy atom. The van der Waals surface area contributed by atoms with Crippen molar-refractivity contribution in [3.63, 3.8) is 0 Å². The molecule has 1 aromatic carbocycles. The van der Waals surface area contributed by atoms with E-state index in [1.54, 1.807) is 44.4 Å². The van der Waals surface area contributed by atoms with Crippen molar-refractivity contribution in [2.45, 2.75) is 102 Å². The van der Waals surface area contributed by atoms with Gasteiger partial charge in [-0.25, -0.2) is 8.42 Å². The third-order valence-corrected chi connectivity index (χ3v) is 11.8. The Kier molecular flexibility index (Phi) is 14.2. The van der Waals surface area contributed by atoms with Gasteiger partial charge in [-0.1, -0.05) is 32.0 Å². The molecular formula is C35H59N3O9S. The lowest BCUT2D eigenvalue weighted by Gasteiger charge is -2.47. The summed E-state index contributed by atoms with van der Waals surface area (Å²) in [4.78, 5) is 31.9. The summed E-state index contributed by atoms with van der Waals surface area (Å²) < 4.78 is 53.2. The summed E-state index contributed by atoms with van der Waals surface area (Å²) in [5, 5.41) is 11.3. The maximum Gasteiger partial charge on any atom is 0.319 e. The van der Waals surface area contributed by atoms with E-state index in [9.17, 15) is 23.1 Å². The highest BCUT2D eigenvalue weighted by atomic mass is 32.2. The summed E-state index contributed by atoms with van der Waals surface area (Å²) in [7, 11) is 3.51. The number of hydrogen-bond acceptors (Lipinski definition) is 11. The molecule has 0 aromatic heterocycles. The van der Waals surface area contributed by atoms with Gasteiger partial charge in [-0.2, -0.15) is 4.31 Å². The lowest BCUT2D eigenvalue weighted by Crippen LogP contribution is -2.59. The van der Waals surface area contributed by atoms with Gasteiger partial charge >= 0.3 is 5.97 Å². The number of carbonyl (C=O) groups is 2. The van der Waals surface area contributed by atoms with E-state index < -0.39 is 57.2 Å². The third-order valence-electron chi connectivity index (χ3n) is 9.89. The highest BCUT2D eigenvalue weighted by Crippen LogP contribution is 2.38. The highest BCUT2D eigenvalue weighted by Gasteiger charge is 2.51. The number of Topliss-reactive ketones (excluding diaryl/α,β-unsaturated/α-hetero) is 1. The van der Waals surface area contributed by atoms with E-state index in [0.717, 1.165) is 0 Å². The van der Waals surface area contributed by atoms with Crippen LogP contribution in [0.15, 0.2) is 35.2 Å². The number of carbonyl (C=O) groups excluding carboxylic acids is 2. The summed E-state index contributed by atoms with van der Waals surface area (Å²) in [5.41, 5.74) is -2.58. The predicted molar refractivity (Wildman–Crippen MR) is 183 cm³/mol. The minimum Gasteiger partial charge on any atom is -0.465 e. The number of aliphatic hydroxyl groups is 1. The number of ketones is 1. The monoisotopic (exact) mass is 697 g/mol. The van der Waals surface area contributed by atoms with Crippen molar-refractivity contribution in [1.82, 2.24) is 14.1 Å². The van der Waals surface area contributed by atoms with Crippen LogP contribution in [-0.2, 0) is 38.6 Å². The van der Waals surface area contributed by atoms with E-state index in [2.05, 4.69) is 11.8 Å². The lowest BCUT2D eigenvalue weighted by molar-refractivity contribution is -0.295. The Balaban J connectivity index is 1.98. The molecule has 0 bridgehead atoms. The van der Waals surface area contributed by atoms with Gasteiger partial charge in [-0.3, -0.25) is 9.59 Å². The zero-order valence-electron chi connectivity index (χ0n) is 30.5. The van der Waals surface area contributed by atoms with Crippen LogP contribution in [0.3, 0.4) is 0 Å². The minimum atomic E-state index is -3.80. The largest absolute Gasteiger partial charge is 0.465 e. The maximum absolute atomic E-state index is 14.2. The second-order valence-electron chi connectivity index (χ2n) is 14.7. The van der Waals surface area contributed by atoms with E-state index in [0.29, 0.717) is 25.9 Å². The smallest absolute Gasteiger partial charge is 0.319 e. The fourth-order valence-electron chi connectivity index (χ4n) is 7.05. The zero-order valence-corrected chi connectivity index (χ0v) is 31.4. The quantitative estimate of drug-likeness (QED) is 0.347. The molecule has 0 unspecified atom stereocenters. The van der Waals surface area contributed by atoms with Crippen molar-refractivity contribution in [2.75, 3.05) is 61.0 Å². The molecule has 0 saturated carbocycles. The molecule has 0 amide bonds. The third kappa shape index (κ3) is 9.63. The fourth-order valence-corrected chi connectivity index (χ4v) is 8.55. The first kappa shape index (κ1) is 40.5. The number of nitrogens with zero attached hydrogens (tertiary/aromatic N) is 3. The molecule has 2 aliphatic rings. The van der Waals surface area contributed by atoms with Gasteiger partial charge in [0.05, 0.1) is 29.3 Å². The molecule has 8 atom stereocenters. The Morgan fingerprint density at radius 2 is 1.67 bits per heavy atom.